The highest BCUT2D eigenvalue weighted by molar-refractivity contribution is 9.10. The fourth-order valence-corrected chi connectivity index (χ4v) is 4.63. The maximum atomic E-state index is 12.6. The average Bonchev–Trinajstić information content (AvgIpc) is 2.47. The van der Waals surface area contributed by atoms with Crippen molar-refractivity contribution >= 4 is 26.0 Å². The molecule has 0 aliphatic carbocycles. The van der Waals surface area contributed by atoms with Crippen molar-refractivity contribution in [3.63, 3.8) is 0 Å². The molecule has 2 aromatic carbocycles. The van der Waals surface area contributed by atoms with Crippen LogP contribution in [0.25, 0.3) is 0 Å². The molecule has 1 unspecified atom stereocenters. The van der Waals surface area contributed by atoms with Gasteiger partial charge in [-0.15, -0.1) is 0 Å². The Kier molecular flexibility index (Phi) is 5.84. The molecule has 4 nitrogen and oxygen atoms in total. The largest absolute Gasteiger partial charge is 0.494 e. The van der Waals surface area contributed by atoms with Gasteiger partial charge in [-0.2, -0.15) is 0 Å². The normalized spacial score (nSPS) is 12.9. The Morgan fingerprint density at radius 1 is 1.17 bits per heavy atom. The molecule has 0 fully saturated rings. The van der Waals surface area contributed by atoms with Crippen molar-refractivity contribution in [2.24, 2.45) is 0 Å². The molecule has 0 aromatic heterocycles. The summed E-state index contributed by atoms with van der Waals surface area (Å²) in [5, 5.41) is 0. The summed E-state index contributed by atoms with van der Waals surface area (Å²) < 4.78 is 33.8. The molecule has 1 atom stereocenters. The van der Waals surface area contributed by atoms with Gasteiger partial charge in [0, 0.05) is 10.5 Å². The van der Waals surface area contributed by atoms with E-state index >= 15 is 0 Å². The van der Waals surface area contributed by atoms with E-state index < -0.39 is 10.0 Å². The number of halogens is 1. The number of aryl methyl sites for hydroxylation is 1. The Morgan fingerprint density at radius 2 is 1.83 bits per heavy atom. The molecule has 124 valence electrons. The first kappa shape index (κ1) is 18.0. The standard InChI is InChI=1S/C17H20BrNO3S/c1-4-22-15-8-6-14(7-9-15)13(3)19-23(20,21)17-10-5-12(2)11-16(17)18/h5-11,13,19H,4H2,1-3H3. The third kappa shape index (κ3) is 4.56. The minimum atomic E-state index is -3.60. The van der Waals surface area contributed by atoms with E-state index in [2.05, 4.69) is 20.7 Å². The molecule has 0 saturated heterocycles. The number of ether oxygens (including phenoxy) is 1. The lowest BCUT2D eigenvalue weighted by Crippen LogP contribution is -2.27. The zero-order chi connectivity index (χ0) is 17.0. The maximum Gasteiger partial charge on any atom is 0.242 e. The minimum absolute atomic E-state index is 0.237. The molecule has 1 N–H and O–H groups in total. The predicted molar refractivity (Wildman–Crippen MR) is 95.2 cm³/mol. The zero-order valence-electron chi connectivity index (χ0n) is 13.3. The Balaban J connectivity index is 2.19. The molecule has 0 bridgehead atoms. The van der Waals surface area contributed by atoms with Gasteiger partial charge in [0.15, 0.2) is 0 Å². The smallest absolute Gasteiger partial charge is 0.242 e. The third-order valence-electron chi connectivity index (χ3n) is 3.40. The Morgan fingerprint density at radius 3 is 2.39 bits per heavy atom. The Labute approximate surface area is 146 Å². The second kappa shape index (κ2) is 7.47. The topological polar surface area (TPSA) is 55.4 Å². The van der Waals surface area contributed by atoms with Gasteiger partial charge in [0.2, 0.25) is 10.0 Å². The van der Waals surface area contributed by atoms with Gasteiger partial charge in [-0.05, 0) is 72.1 Å². The summed E-state index contributed by atoms with van der Waals surface area (Å²) in [4.78, 5) is 0.237. The summed E-state index contributed by atoms with van der Waals surface area (Å²) in [6.45, 7) is 6.25. The van der Waals surface area contributed by atoms with E-state index in [0.717, 1.165) is 16.9 Å². The summed E-state index contributed by atoms with van der Waals surface area (Å²) in [5.74, 6) is 0.771. The maximum absolute atomic E-state index is 12.6. The lowest BCUT2D eigenvalue weighted by atomic mass is 10.1. The van der Waals surface area contributed by atoms with Gasteiger partial charge in [0.25, 0.3) is 0 Å². The monoisotopic (exact) mass is 397 g/mol. The second-order valence-corrected chi connectivity index (χ2v) is 7.82. The predicted octanol–water partition coefficient (Wildman–Crippen LogP) is 4.20. The molecule has 6 heteroatoms. The fraction of sp³-hybridized carbons (Fsp3) is 0.294. The van der Waals surface area contributed by atoms with Crippen LogP contribution in [0.15, 0.2) is 51.8 Å². The Hall–Kier alpha value is -1.37. The van der Waals surface area contributed by atoms with Crippen LogP contribution in [-0.2, 0) is 10.0 Å². The molecule has 0 saturated carbocycles. The number of nitrogens with one attached hydrogen (secondary N) is 1. The summed E-state index contributed by atoms with van der Waals surface area (Å²) in [6, 6.07) is 12.2. The summed E-state index contributed by atoms with van der Waals surface area (Å²) in [5.41, 5.74) is 1.87. The molecule has 0 aliphatic heterocycles. The number of sulfonamides is 1. The molecule has 0 spiro atoms. The molecular weight excluding hydrogens is 378 g/mol. The van der Waals surface area contributed by atoms with Crippen LogP contribution >= 0.6 is 15.9 Å². The van der Waals surface area contributed by atoms with Crippen molar-refractivity contribution in [3.05, 3.63) is 58.1 Å². The van der Waals surface area contributed by atoms with Gasteiger partial charge in [0.05, 0.1) is 11.5 Å². The van der Waals surface area contributed by atoms with Crippen LogP contribution in [0.2, 0.25) is 0 Å². The van der Waals surface area contributed by atoms with Crippen LogP contribution in [0.5, 0.6) is 5.75 Å². The molecular formula is C17H20BrNO3S. The van der Waals surface area contributed by atoms with Gasteiger partial charge >= 0.3 is 0 Å². The van der Waals surface area contributed by atoms with Crippen molar-refractivity contribution in [3.8, 4) is 5.75 Å². The average molecular weight is 398 g/mol. The molecule has 2 aromatic rings. The highest BCUT2D eigenvalue weighted by Gasteiger charge is 2.21. The first-order valence-corrected chi connectivity index (χ1v) is 9.62. The van der Waals surface area contributed by atoms with Crippen molar-refractivity contribution in [1.29, 1.82) is 0 Å². The van der Waals surface area contributed by atoms with Crippen molar-refractivity contribution in [1.82, 2.24) is 4.72 Å². The molecule has 0 aliphatic rings. The first-order chi connectivity index (χ1) is 10.8. The van der Waals surface area contributed by atoms with Gasteiger partial charge < -0.3 is 4.74 Å². The van der Waals surface area contributed by atoms with Gasteiger partial charge in [0.1, 0.15) is 5.75 Å². The molecule has 2 rings (SSSR count). The lowest BCUT2D eigenvalue weighted by Gasteiger charge is -2.16. The molecule has 0 radical (unpaired) electrons. The molecule has 0 heterocycles. The quantitative estimate of drug-likeness (QED) is 0.794. The number of benzene rings is 2. The van der Waals surface area contributed by atoms with Crippen LogP contribution in [0.1, 0.15) is 31.0 Å². The minimum Gasteiger partial charge on any atom is -0.494 e. The van der Waals surface area contributed by atoms with Crippen LogP contribution in [0.4, 0.5) is 0 Å². The van der Waals surface area contributed by atoms with E-state index in [1.165, 1.54) is 0 Å². The summed E-state index contributed by atoms with van der Waals surface area (Å²) in [7, 11) is -3.60. The van der Waals surface area contributed by atoms with E-state index in [4.69, 9.17) is 4.74 Å². The zero-order valence-corrected chi connectivity index (χ0v) is 15.7. The molecule has 23 heavy (non-hydrogen) atoms. The Bertz CT molecular complexity index is 773. The van der Waals surface area contributed by atoms with Gasteiger partial charge in [-0.3, -0.25) is 0 Å². The number of hydrogen-bond donors (Lipinski definition) is 1. The van der Waals surface area contributed by atoms with E-state index in [1.807, 2.05) is 45.0 Å². The first-order valence-electron chi connectivity index (χ1n) is 7.34. The van der Waals surface area contributed by atoms with Crippen LogP contribution < -0.4 is 9.46 Å². The summed E-state index contributed by atoms with van der Waals surface area (Å²) >= 11 is 3.32. The number of hydrogen-bond acceptors (Lipinski definition) is 3. The number of rotatable bonds is 6. The SMILES string of the molecule is CCOc1ccc(C(C)NS(=O)(=O)c2ccc(C)cc2Br)cc1. The van der Waals surface area contributed by atoms with Crippen LogP contribution in [0, 0.1) is 6.92 Å². The van der Waals surface area contributed by atoms with E-state index in [-0.39, 0.29) is 10.9 Å². The van der Waals surface area contributed by atoms with Gasteiger partial charge in [-0.1, -0.05) is 18.2 Å². The fourth-order valence-electron chi connectivity index (χ4n) is 2.21. The summed E-state index contributed by atoms with van der Waals surface area (Å²) in [6.07, 6.45) is 0. The molecule has 0 amide bonds. The van der Waals surface area contributed by atoms with E-state index in [1.54, 1.807) is 18.2 Å². The van der Waals surface area contributed by atoms with Crippen LogP contribution in [0.3, 0.4) is 0 Å². The second-order valence-electron chi connectivity index (χ2n) is 5.28. The van der Waals surface area contributed by atoms with E-state index in [9.17, 15) is 8.42 Å². The lowest BCUT2D eigenvalue weighted by molar-refractivity contribution is 0.340. The van der Waals surface area contributed by atoms with E-state index in [0.29, 0.717) is 11.1 Å². The van der Waals surface area contributed by atoms with Crippen molar-refractivity contribution in [2.75, 3.05) is 6.61 Å². The highest BCUT2D eigenvalue weighted by atomic mass is 79.9. The highest BCUT2D eigenvalue weighted by Crippen LogP contribution is 2.25. The van der Waals surface area contributed by atoms with Gasteiger partial charge in [-0.25, -0.2) is 13.1 Å². The van der Waals surface area contributed by atoms with Crippen molar-refractivity contribution in [2.45, 2.75) is 31.7 Å². The van der Waals surface area contributed by atoms with Crippen LogP contribution in [-0.4, -0.2) is 15.0 Å². The third-order valence-corrected chi connectivity index (χ3v) is 5.92. The van der Waals surface area contributed by atoms with Crippen molar-refractivity contribution < 1.29 is 13.2 Å².